The molecule has 0 radical (unpaired) electrons. The van der Waals surface area contributed by atoms with E-state index in [9.17, 15) is 0 Å². The molecule has 0 aliphatic heterocycles. The van der Waals surface area contributed by atoms with Crippen LogP contribution in [0.25, 0.3) is 11.3 Å². The van der Waals surface area contributed by atoms with Crippen LogP contribution in [0.4, 0.5) is 5.82 Å². The van der Waals surface area contributed by atoms with Crippen LogP contribution in [0.2, 0.25) is 0 Å². The molecule has 0 aliphatic rings. The molecule has 0 saturated carbocycles. The fraction of sp³-hybridized carbons (Fsp3) is 0.471. The Hall–Kier alpha value is -1.97. The topological polar surface area (TPSA) is 53.1 Å². The summed E-state index contributed by atoms with van der Waals surface area (Å²) in [7, 11) is 1.69. The van der Waals surface area contributed by atoms with Crippen molar-refractivity contribution < 1.29 is 4.74 Å². The summed E-state index contributed by atoms with van der Waals surface area (Å²) in [5, 5.41) is 0. The summed E-state index contributed by atoms with van der Waals surface area (Å²) in [4.78, 5) is 4.75. The number of hydrogen-bond acceptors (Lipinski definition) is 3. The van der Waals surface area contributed by atoms with E-state index < -0.39 is 0 Å². The highest BCUT2D eigenvalue weighted by atomic mass is 16.5. The third kappa shape index (κ3) is 3.04. The van der Waals surface area contributed by atoms with Crippen LogP contribution in [0.1, 0.15) is 38.1 Å². The Labute approximate surface area is 127 Å². The van der Waals surface area contributed by atoms with Crippen molar-refractivity contribution in [1.82, 2.24) is 9.55 Å². The van der Waals surface area contributed by atoms with E-state index in [1.54, 1.807) is 7.11 Å². The molecule has 0 bridgehead atoms. The Balaban J connectivity index is 2.44. The second kappa shape index (κ2) is 6.66. The van der Waals surface area contributed by atoms with E-state index in [0.29, 0.717) is 0 Å². The SMILES string of the molecule is CCCCn1c(CC)nc(-c2ccc(OC)c(C)c2)c1N. The third-order valence-corrected chi connectivity index (χ3v) is 3.81. The van der Waals surface area contributed by atoms with Crippen LogP contribution in [0.15, 0.2) is 18.2 Å². The molecule has 1 aromatic heterocycles. The first-order valence-electron chi connectivity index (χ1n) is 7.62. The van der Waals surface area contributed by atoms with Crippen molar-refractivity contribution in [1.29, 1.82) is 0 Å². The van der Waals surface area contributed by atoms with E-state index in [0.717, 1.165) is 60.0 Å². The predicted octanol–water partition coefficient (Wildman–Crippen LogP) is 3.81. The Morgan fingerprint density at radius 2 is 2.05 bits per heavy atom. The van der Waals surface area contributed by atoms with Crippen molar-refractivity contribution in [3.05, 3.63) is 29.6 Å². The highest BCUT2D eigenvalue weighted by Gasteiger charge is 2.15. The van der Waals surface area contributed by atoms with Crippen molar-refractivity contribution in [2.75, 3.05) is 12.8 Å². The van der Waals surface area contributed by atoms with Gasteiger partial charge in [0.05, 0.1) is 7.11 Å². The Bertz CT molecular complexity index is 617. The molecule has 21 heavy (non-hydrogen) atoms. The minimum absolute atomic E-state index is 0.768. The van der Waals surface area contributed by atoms with Gasteiger partial charge >= 0.3 is 0 Å². The molecule has 4 heteroatoms. The van der Waals surface area contributed by atoms with Gasteiger partial charge in [-0.15, -0.1) is 0 Å². The van der Waals surface area contributed by atoms with Gasteiger partial charge in [0.15, 0.2) is 0 Å². The van der Waals surface area contributed by atoms with Crippen molar-refractivity contribution in [2.45, 2.75) is 46.6 Å². The number of nitrogen functional groups attached to an aromatic ring is 1. The number of unbranched alkanes of at least 4 members (excludes halogenated alkanes) is 1. The maximum Gasteiger partial charge on any atom is 0.131 e. The fourth-order valence-electron chi connectivity index (χ4n) is 2.59. The summed E-state index contributed by atoms with van der Waals surface area (Å²) in [6, 6.07) is 6.08. The second-order valence-electron chi connectivity index (χ2n) is 5.31. The molecule has 0 amide bonds. The number of anilines is 1. The van der Waals surface area contributed by atoms with E-state index in [4.69, 9.17) is 15.5 Å². The Kier molecular flexibility index (Phi) is 4.89. The molecule has 2 aromatic rings. The zero-order valence-corrected chi connectivity index (χ0v) is 13.4. The lowest BCUT2D eigenvalue weighted by atomic mass is 10.1. The second-order valence-corrected chi connectivity index (χ2v) is 5.31. The molecule has 114 valence electrons. The van der Waals surface area contributed by atoms with Crippen LogP contribution in [-0.2, 0) is 13.0 Å². The highest BCUT2D eigenvalue weighted by Crippen LogP contribution is 2.30. The summed E-state index contributed by atoms with van der Waals surface area (Å²) in [6.45, 7) is 7.28. The van der Waals surface area contributed by atoms with Gasteiger partial charge in [-0.1, -0.05) is 20.3 Å². The first-order valence-corrected chi connectivity index (χ1v) is 7.62. The molecule has 0 saturated heterocycles. The van der Waals surface area contributed by atoms with Gasteiger partial charge in [0.25, 0.3) is 0 Å². The normalized spacial score (nSPS) is 10.9. The maximum atomic E-state index is 6.34. The van der Waals surface area contributed by atoms with Crippen LogP contribution >= 0.6 is 0 Å². The molecule has 2 N–H and O–H groups in total. The number of nitrogens with zero attached hydrogens (tertiary/aromatic N) is 2. The van der Waals surface area contributed by atoms with Crippen molar-refractivity contribution in [3.63, 3.8) is 0 Å². The lowest BCUT2D eigenvalue weighted by Gasteiger charge is -2.08. The number of rotatable bonds is 6. The molecule has 0 unspecified atom stereocenters. The molecule has 1 aromatic carbocycles. The van der Waals surface area contributed by atoms with Gasteiger partial charge in [0, 0.05) is 18.5 Å². The lowest BCUT2D eigenvalue weighted by molar-refractivity contribution is 0.412. The molecule has 0 spiro atoms. The molecule has 2 rings (SSSR count). The molecular weight excluding hydrogens is 262 g/mol. The van der Waals surface area contributed by atoms with Crippen LogP contribution in [-0.4, -0.2) is 16.7 Å². The molecule has 0 atom stereocenters. The first-order chi connectivity index (χ1) is 10.1. The predicted molar refractivity (Wildman–Crippen MR) is 87.7 cm³/mol. The number of benzene rings is 1. The standard InChI is InChI=1S/C17H25N3O/c1-5-7-10-20-15(6-2)19-16(17(20)18)13-8-9-14(21-4)12(3)11-13/h8-9,11H,5-7,10,18H2,1-4H3. The van der Waals surface area contributed by atoms with Gasteiger partial charge in [-0.2, -0.15) is 0 Å². The number of aryl methyl sites for hydroxylation is 2. The zero-order chi connectivity index (χ0) is 15.4. The van der Waals surface area contributed by atoms with E-state index >= 15 is 0 Å². The number of imidazole rings is 1. The minimum Gasteiger partial charge on any atom is -0.496 e. The number of hydrogen-bond donors (Lipinski definition) is 1. The first kappa shape index (κ1) is 15.4. The Morgan fingerprint density at radius 1 is 1.29 bits per heavy atom. The zero-order valence-electron chi connectivity index (χ0n) is 13.4. The van der Waals surface area contributed by atoms with E-state index in [1.807, 2.05) is 19.1 Å². The quantitative estimate of drug-likeness (QED) is 0.879. The van der Waals surface area contributed by atoms with Crippen molar-refractivity contribution in [2.24, 2.45) is 0 Å². The minimum atomic E-state index is 0.768. The van der Waals surface area contributed by atoms with Gasteiger partial charge < -0.3 is 15.0 Å². The maximum absolute atomic E-state index is 6.34. The van der Waals surface area contributed by atoms with E-state index in [2.05, 4.69) is 24.5 Å². The smallest absolute Gasteiger partial charge is 0.131 e. The highest BCUT2D eigenvalue weighted by molar-refractivity contribution is 5.72. The third-order valence-electron chi connectivity index (χ3n) is 3.81. The van der Waals surface area contributed by atoms with Gasteiger partial charge in [-0.25, -0.2) is 4.98 Å². The van der Waals surface area contributed by atoms with Gasteiger partial charge in [-0.05, 0) is 37.1 Å². The molecule has 4 nitrogen and oxygen atoms in total. The van der Waals surface area contributed by atoms with Crippen LogP contribution in [0.5, 0.6) is 5.75 Å². The molecule has 1 heterocycles. The summed E-state index contributed by atoms with van der Waals surface area (Å²) < 4.78 is 7.46. The van der Waals surface area contributed by atoms with E-state index in [1.165, 1.54) is 0 Å². The van der Waals surface area contributed by atoms with Crippen LogP contribution in [0, 0.1) is 6.92 Å². The lowest BCUT2D eigenvalue weighted by Crippen LogP contribution is -2.06. The number of methoxy groups -OCH3 is 1. The summed E-state index contributed by atoms with van der Waals surface area (Å²) in [6.07, 6.45) is 3.16. The molecule has 0 fully saturated rings. The van der Waals surface area contributed by atoms with E-state index in [-0.39, 0.29) is 0 Å². The Morgan fingerprint density at radius 3 is 2.62 bits per heavy atom. The summed E-state index contributed by atoms with van der Waals surface area (Å²) >= 11 is 0. The monoisotopic (exact) mass is 287 g/mol. The number of aromatic nitrogens is 2. The van der Waals surface area contributed by atoms with Crippen LogP contribution < -0.4 is 10.5 Å². The number of ether oxygens (including phenoxy) is 1. The number of nitrogens with two attached hydrogens (primary N) is 1. The summed E-state index contributed by atoms with van der Waals surface area (Å²) in [5.74, 6) is 2.72. The van der Waals surface area contributed by atoms with Gasteiger partial charge in [-0.3, -0.25) is 0 Å². The largest absolute Gasteiger partial charge is 0.496 e. The molecule has 0 aliphatic carbocycles. The summed E-state index contributed by atoms with van der Waals surface area (Å²) in [5.41, 5.74) is 9.37. The fourth-order valence-corrected chi connectivity index (χ4v) is 2.59. The van der Waals surface area contributed by atoms with Crippen molar-refractivity contribution >= 4 is 5.82 Å². The van der Waals surface area contributed by atoms with Crippen LogP contribution in [0.3, 0.4) is 0 Å². The molecular formula is C17H25N3O. The van der Waals surface area contributed by atoms with Gasteiger partial charge in [0.2, 0.25) is 0 Å². The average Bonchev–Trinajstić information content (AvgIpc) is 2.81. The van der Waals surface area contributed by atoms with Crippen molar-refractivity contribution in [3.8, 4) is 17.0 Å². The average molecular weight is 287 g/mol. The van der Waals surface area contributed by atoms with Gasteiger partial charge in [0.1, 0.15) is 23.1 Å².